The van der Waals surface area contributed by atoms with Crippen LogP contribution in [0.3, 0.4) is 0 Å². The maximum absolute atomic E-state index is 11.7. The topological polar surface area (TPSA) is 54.6 Å². The van der Waals surface area contributed by atoms with E-state index in [2.05, 4.69) is 10.3 Å². The van der Waals surface area contributed by atoms with Crippen LogP contribution in [0.25, 0.3) is 11.0 Å². The van der Waals surface area contributed by atoms with E-state index in [1.807, 2.05) is 24.3 Å². The standard InChI is InChI=1S/C13H12N2O2/c1-13(2)12(16)14-11(15-13)9-7-17-10-6-4-3-5-8(9)10/h3-7H,1-2H3,(H,14,15,16). The Morgan fingerprint density at radius 2 is 2.06 bits per heavy atom. The van der Waals surface area contributed by atoms with Crippen molar-refractivity contribution in [2.45, 2.75) is 19.4 Å². The van der Waals surface area contributed by atoms with Crippen molar-refractivity contribution < 1.29 is 9.21 Å². The maximum Gasteiger partial charge on any atom is 0.252 e. The molecule has 4 nitrogen and oxygen atoms in total. The summed E-state index contributed by atoms with van der Waals surface area (Å²) in [4.78, 5) is 16.1. The Hall–Kier alpha value is -2.10. The fourth-order valence-electron chi connectivity index (χ4n) is 1.91. The number of carbonyl (C=O) groups is 1. The van der Waals surface area contributed by atoms with Crippen molar-refractivity contribution in [3.8, 4) is 0 Å². The Bertz CT molecular complexity index is 638. The Labute approximate surface area is 98.3 Å². The van der Waals surface area contributed by atoms with Gasteiger partial charge < -0.3 is 9.73 Å². The van der Waals surface area contributed by atoms with Crippen LogP contribution in [-0.2, 0) is 4.79 Å². The van der Waals surface area contributed by atoms with Crippen LogP contribution in [0.1, 0.15) is 19.4 Å². The van der Waals surface area contributed by atoms with Gasteiger partial charge in [0.2, 0.25) is 0 Å². The van der Waals surface area contributed by atoms with Crippen LogP contribution in [0.4, 0.5) is 0 Å². The largest absolute Gasteiger partial charge is 0.464 e. The smallest absolute Gasteiger partial charge is 0.252 e. The van der Waals surface area contributed by atoms with E-state index in [1.165, 1.54) is 0 Å². The third-order valence-electron chi connectivity index (χ3n) is 2.92. The number of para-hydroxylation sites is 1. The van der Waals surface area contributed by atoms with E-state index < -0.39 is 5.54 Å². The van der Waals surface area contributed by atoms with E-state index >= 15 is 0 Å². The van der Waals surface area contributed by atoms with Crippen LogP contribution in [0.15, 0.2) is 39.9 Å². The fourth-order valence-corrected chi connectivity index (χ4v) is 1.91. The summed E-state index contributed by atoms with van der Waals surface area (Å²) in [7, 11) is 0. The second-order valence-corrected chi connectivity index (χ2v) is 4.62. The minimum atomic E-state index is -0.701. The van der Waals surface area contributed by atoms with E-state index in [1.54, 1.807) is 20.1 Å². The molecule has 1 aliphatic rings. The van der Waals surface area contributed by atoms with Gasteiger partial charge in [-0.15, -0.1) is 0 Å². The van der Waals surface area contributed by atoms with Crippen molar-refractivity contribution >= 4 is 22.7 Å². The molecule has 0 bridgehead atoms. The van der Waals surface area contributed by atoms with Gasteiger partial charge in [0.05, 0.1) is 5.56 Å². The Morgan fingerprint density at radius 1 is 1.29 bits per heavy atom. The minimum absolute atomic E-state index is 0.0854. The van der Waals surface area contributed by atoms with Crippen molar-refractivity contribution in [1.29, 1.82) is 0 Å². The molecule has 0 fully saturated rings. The molecule has 4 heteroatoms. The van der Waals surface area contributed by atoms with Crippen molar-refractivity contribution in [2.24, 2.45) is 4.99 Å². The molecule has 1 aliphatic heterocycles. The number of benzene rings is 1. The summed E-state index contributed by atoms with van der Waals surface area (Å²) in [5, 5.41) is 3.75. The average molecular weight is 228 g/mol. The normalized spacial score (nSPS) is 18.2. The van der Waals surface area contributed by atoms with Crippen molar-refractivity contribution in [1.82, 2.24) is 5.32 Å². The van der Waals surface area contributed by atoms with Crippen LogP contribution < -0.4 is 5.32 Å². The van der Waals surface area contributed by atoms with Crippen LogP contribution in [-0.4, -0.2) is 17.3 Å². The number of hydrogen-bond acceptors (Lipinski definition) is 3. The predicted molar refractivity (Wildman–Crippen MR) is 65.0 cm³/mol. The maximum atomic E-state index is 11.7. The Kier molecular flexibility index (Phi) is 1.90. The number of furan rings is 1. The zero-order chi connectivity index (χ0) is 12.0. The third kappa shape index (κ3) is 1.45. The molecule has 86 valence electrons. The van der Waals surface area contributed by atoms with Crippen LogP contribution >= 0.6 is 0 Å². The van der Waals surface area contributed by atoms with E-state index in [4.69, 9.17) is 4.42 Å². The molecular weight excluding hydrogens is 216 g/mol. The number of nitrogens with one attached hydrogen (secondary N) is 1. The zero-order valence-corrected chi connectivity index (χ0v) is 9.65. The molecule has 17 heavy (non-hydrogen) atoms. The van der Waals surface area contributed by atoms with Crippen molar-refractivity contribution in [3.05, 3.63) is 36.1 Å². The van der Waals surface area contributed by atoms with Crippen molar-refractivity contribution in [2.75, 3.05) is 0 Å². The molecular formula is C13H12N2O2. The summed E-state index contributed by atoms with van der Waals surface area (Å²) in [5.74, 6) is 0.503. The Balaban J connectivity index is 2.15. The molecule has 3 rings (SSSR count). The first-order chi connectivity index (χ1) is 8.08. The van der Waals surface area contributed by atoms with Gasteiger partial charge >= 0.3 is 0 Å². The molecule has 0 saturated heterocycles. The molecule has 1 amide bonds. The number of fused-ring (bicyclic) bond motifs is 1. The molecule has 0 unspecified atom stereocenters. The lowest BCUT2D eigenvalue weighted by Crippen LogP contribution is -2.34. The van der Waals surface area contributed by atoms with Gasteiger partial charge in [-0.3, -0.25) is 9.79 Å². The zero-order valence-electron chi connectivity index (χ0n) is 9.65. The summed E-state index contributed by atoms with van der Waals surface area (Å²) < 4.78 is 5.43. The lowest BCUT2D eigenvalue weighted by atomic mass is 10.1. The third-order valence-corrected chi connectivity index (χ3v) is 2.92. The van der Waals surface area contributed by atoms with E-state index in [-0.39, 0.29) is 5.91 Å². The summed E-state index contributed by atoms with van der Waals surface area (Å²) in [5.41, 5.74) is 0.928. The molecule has 0 atom stereocenters. The van der Waals surface area contributed by atoms with Crippen LogP contribution in [0, 0.1) is 0 Å². The van der Waals surface area contributed by atoms with Crippen LogP contribution in [0.5, 0.6) is 0 Å². The molecule has 1 N–H and O–H groups in total. The highest BCUT2D eigenvalue weighted by molar-refractivity contribution is 6.19. The van der Waals surface area contributed by atoms with E-state index in [0.29, 0.717) is 5.84 Å². The molecule has 1 aromatic carbocycles. The SMILES string of the molecule is CC1(C)N=C(c2coc3ccccc23)NC1=O. The predicted octanol–water partition coefficient (Wildman–Crippen LogP) is 2.09. The van der Waals surface area contributed by atoms with Gasteiger partial charge in [0, 0.05) is 5.39 Å². The fraction of sp³-hybridized carbons (Fsp3) is 0.231. The molecule has 0 spiro atoms. The summed E-state index contributed by atoms with van der Waals surface area (Å²) in [6, 6.07) is 7.69. The van der Waals surface area contributed by atoms with Gasteiger partial charge in [-0.2, -0.15) is 0 Å². The second kappa shape index (κ2) is 3.20. The highest BCUT2D eigenvalue weighted by Gasteiger charge is 2.35. The number of aliphatic imine (C=N–C) groups is 1. The molecule has 0 saturated carbocycles. The molecule has 2 heterocycles. The van der Waals surface area contributed by atoms with Crippen molar-refractivity contribution in [3.63, 3.8) is 0 Å². The van der Waals surface area contributed by atoms with E-state index in [0.717, 1.165) is 16.5 Å². The highest BCUT2D eigenvalue weighted by atomic mass is 16.3. The molecule has 1 aromatic heterocycles. The number of nitrogens with zero attached hydrogens (tertiary/aromatic N) is 1. The van der Waals surface area contributed by atoms with Gasteiger partial charge in [0.15, 0.2) is 0 Å². The molecule has 0 radical (unpaired) electrons. The first-order valence-corrected chi connectivity index (χ1v) is 5.46. The monoisotopic (exact) mass is 228 g/mol. The number of amides is 1. The quantitative estimate of drug-likeness (QED) is 0.812. The number of hydrogen-bond donors (Lipinski definition) is 1. The first kappa shape index (κ1) is 10.1. The van der Waals surface area contributed by atoms with Gasteiger partial charge in [-0.05, 0) is 19.9 Å². The Morgan fingerprint density at radius 3 is 2.76 bits per heavy atom. The van der Waals surface area contributed by atoms with Gasteiger partial charge in [-0.25, -0.2) is 0 Å². The second-order valence-electron chi connectivity index (χ2n) is 4.62. The van der Waals surface area contributed by atoms with E-state index in [9.17, 15) is 4.79 Å². The molecule has 2 aromatic rings. The summed E-state index contributed by atoms with van der Waals surface area (Å²) in [6.07, 6.45) is 1.63. The number of rotatable bonds is 1. The van der Waals surface area contributed by atoms with Gasteiger partial charge in [0.1, 0.15) is 23.2 Å². The highest BCUT2D eigenvalue weighted by Crippen LogP contribution is 2.24. The first-order valence-electron chi connectivity index (χ1n) is 5.46. The van der Waals surface area contributed by atoms with Gasteiger partial charge in [-0.1, -0.05) is 18.2 Å². The minimum Gasteiger partial charge on any atom is -0.464 e. The summed E-state index contributed by atoms with van der Waals surface area (Å²) >= 11 is 0. The average Bonchev–Trinajstić information content (AvgIpc) is 2.81. The van der Waals surface area contributed by atoms with Gasteiger partial charge in [0.25, 0.3) is 5.91 Å². The lowest BCUT2D eigenvalue weighted by molar-refractivity contribution is -0.122. The summed E-state index contributed by atoms with van der Waals surface area (Å²) in [6.45, 7) is 3.58. The lowest BCUT2D eigenvalue weighted by Gasteiger charge is -2.07. The number of amidine groups is 1. The number of carbonyl (C=O) groups excluding carboxylic acids is 1. The molecule has 0 aliphatic carbocycles. The van der Waals surface area contributed by atoms with Crippen LogP contribution in [0.2, 0.25) is 0 Å².